The number of hydrogen-bond donors (Lipinski definition) is 0. The molecule has 1 amide bonds. The number of aryl methyl sites for hydroxylation is 1. The molecule has 0 radical (unpaired) electrons. The van der Waals surface area contributed by atoms with Crippen LogP contribution in [0.25, 0.3) is 0 Å². The van der Waals surface area contributed by atoms with Crippen molar-refractivity contribution >= 4 is 5.91 Å². The lowest BCUT2D eigenvalue weighted by Gasteiger charge is -2.23. The molecular weight excluding hydrogens is 274 g/mol. The Morgan fingerprint density at radius 1 is 1.14 bits per heavy atom. The first-order valence-electron chi connectivity index (χ1n) is 8.66. The molecule has 3 rings (SSSR count). The van der Waals surface area contributed by atoms with Gasteiger partial charge in [-0.1, -0.05) is 0 Å². The second kappa shape index (κ2) is 7.23. The monoisotopic (exact) mass is 301 g/mol. The highest BCUT2D eigenvalue weighted by Gasteiger charge is 2.24. The largest absolute Gasteiger partial charge is 0.339 e. The summed E-state index contributed by atoms with van der Waals surface area (Å²) in [7, 11) is 0. The Balaban J connectivity index is 1.55. The molecule has 2 fully saturated rings. The number of likely N-dealkylation sites (tertiary alicyclic amines) is 2. The highest BCUT2D eigenvalue weighted by Crippen LogP contribution is 2.21. The Hall–Kier alpha value is -1.42. The summed E-state index contributed by atoms with van der Waals surface area (Å²) in [6.45, 7) is 7.51. The van der Waals surface area contributed by atoms with E-state index in [0.29, 0.717) is 0 Å². The molecule has 0 N–H and O–H groups in total. The maximum atomic E-state index is 12.6. The molecule has 4 heteroatoms. The molecule has 2 aliphatic rings. The molecule has 2 aliphatic heterocycles. The summed E-state index contributed by atoms with van der Waals surface area (Å²) in [6.07, 6.45) is 7.96. The van der Waals surface area contributed by atoms with Crippen molar-refractivity contribution in [2.75, 3.05) is 32.7 Å². The Labute approximate surface area is 133 Å². The van der Waals surface area contributed by atoms with Gasteiger partial charge in [-0.2, -0.15) is 0 Å². The van der Waals surface area contributed by atoms with Gasteiger partial charge in [-0.05, 0) is 70.2 Å². The van der Waals surface area contributed by atoms with Crippen LogP contribution in [0.15, 0.2) is 18.3 Å². The minimum atomic E-state index is 0.148. The molecule has 22 heavy (non-hydrogen) atoms. The lowest BCUT2D eigenvalue weighted by Crippen LogP contribution is -2.32. The predicted octanol–water partition coefficient (Wildman–Crippen LogP) is 2.73. The molecule has 0 spiro atoms. The lowest BCUT2D eigenvalue weighted by atomic mass is 10.0. The third kappa shape index (κ3) is 3.86. The van der Waals surface area contributed by atoms with E-state index in [9.17, 15) is 4.79 Å². The van der Waals surface area contributed by atoms with E-state index < -0.39 is 0 Å². The van der Waals surface area contributed by atoms with Crippen molar-refractivity contribution in [1.82, 2.24) is 14.8 Å². The van der Waals surface area contributed by atoms with E-state index in [-0.39, 0.29) is 5.91 Å². The van der Waals surface area contributed by atoms with Gasteiger partial charge < -0.3 is 9.80 Å². The fourth-order valence-corrected chi connectivity index (χ4v) is 3.66. The van der Waals surface area contributed by atoms with E-state index in [2.05, 4.69) is 9.88 Å². The maximum absolute atomic E-state index is 12.6. The van der Waals surface area contributed by atoms with E-state index in [1.165, 1.54) is 38.9 Å². The van der Waals surface area contributed by atoms with E-state index in [1.54, 1.807) is 6.20 Å². The van der Waals surface area contributed by atoms with Gasteiger partial charge in [-0.3, -0.25) is 9.78 Å². The second-order valence-corrected chi connectivity index (χ2v) is 6.79. The number of carbonyl (C=O) groups excluding carboxylic acids is 1. The summed E-state index contributed by atoms with van der Waals surface area (Å²) in [5.74, 6) is 0.904. The van der Waals surface area contributed by atoms with Gasteiger partial charge in [0.15, 0.2) is 0 Å². The van der Waals surface area contributed by atoms with Crippen molar-refractivity contribution in [3.63, 3.8) is 0 Å². The fraction of sp³-hybridized carbons (Fsp3) is 0.667. The second-order valence-electron chi connectivity index (χ2n) is 6.79. The Morgan fingerprint density at radius 3 is 2.68 bits per heavy atom. The molecule has 1 aromatic heterocycles. The van der Waals surface area contributed by atoms with Crippen molar-refractivity contribution < 1.29 is 4.79 Å². The van der Waals surface area contributed by atoms with E-state index in [1.807, 2.05) is 24.0 Å². The lowest BCUT2D eigenvalue weighted by molar-refractivity contribution is 0.0758. The molecule has 4 nitrogen and oxygen atoms in total. The number of hydrogen-bond acceptors (Lipinski definition) is 3. The summed E-state index contributed by atoms with van der Waals surface area (Å²) in [5.41, 5.74) is 1.68. The zero-order valence-electron chi connectivity index (χ0n) is 13.6. The summed E-state index contributed by atoms with van der Waals surface area (Å²) >= 11 is 0. The highest BCUT2D eigenvalue weighted by atomic mass is 16.2. The molecule has 1 aromatic rings. The first kappa shape index (κ1) is 15.5. The third-order valence-corrected chi connectivity index (χ3v) is 5.01. The molecule has 1 unspecified atom stereocenters. The molecule has 0 saturated carbocycles. The van der Waals surface area contributed by atoms with Gasteiger partial charge in [0.25, 0.3) is 5.91 Å². The zero-order chi connectivity index (χ0) is 15.4. The van der Waals surface area contributed by atoms with Gasteiger partial charge in [0.1, 0.15) is 0 Å². The first-order chi connectivity index (χ1) is 10.7. The van der Waals surface area contributed by atoms with Gasteiger partial charge in [0, 0.05) is 31.5 Å². The van der Waals surface area contributed by atoms with Crippen molar-refractivity contribution in [2.24, 2.45) is 5.92 Å². The molecule has 1 atom stereocenters. The van der Waals surface area contributed by atoms with Gasteiger partial charge in [-0.25, -0.2) is 0 Å². The average Bonchev–Trinajstić information content (AvgIpc) is 2.92. The maximum Gasteiger partial charge on any atom is 0.255 e. The zero-order valence-corrected chi connectivity index (χ0v) is 13.6. The number of rotatable bonds is 3. The van der Waals surface area contributed by atoms with E-state index in [0.717, 1.165) is 43.1 Å². The van der Waals surface area contributed by atoms with Crippen LogP contribution in [0.3, 0.4) is 0 Å². The number of aromatic nitrogens is 1. The molecule has 3 heterocycles. The van der Waals surface area contributed by atoms with Gasteiger partial charge in [0.05, 0.1) is 5.56 Å². The minimum absolute atomic E-state index is 0.148. The number of carbonyl (C=O) groups is 1. The quantitative estimate of drug-likeness (QED) is 0.861. The SMILES string of the molecule is Cc1ccc(C(=O)N2CCCC(CN3CCCC3)CC2)cn1. The number of pyridine rings is 1. The summed E-state index contributed by atoms with van der Waals surface area (Å²) in [5, 5.41) is 0. The normalized spacial score (nSPS) is 23.5. The Morgan fingerprint density at radius 2 is 1.95 bits per heavy atom. The smallest absolute Gasteiger partial charge is 0.255 e. The molecule has 0 aliphatic carbocycles. The molecular formula is C18H27N3O. The molecule has 0 bridgehead atoms. The number of nitrogens with zero attached hydrogens (tertiary/aromatic N) is 3. The van der Waals surface area contributed by atoms with Crippen LogP contribution in [0.2, 0.25) is 0 Å². The Kier molecular flexibility index (Phi) is 5.08. The van der Waals surface area contributed by atoms with Crippen molar-refractivity contribution in [3.8, 4) is 0 Å². The molecule has 2 saturated heterocycles. The summed E-state index contributed by atoms with van der Waals surface area (Å²) in [4.78, 5) is 21.5. The highest BCUT2D eigenvalue weighted by molar-refractivity contribution is 5.93. The van der Waals surface area contributed by atoms with Crippen LogP contribution >= 0.6 is 0 Å². The Bertz CT molecular complexity index is 494. The fourth-order valence-electron chi connectivity index (χ4n) is 3.66. The van der Waals surface area contributed by atoms with Crippen LogP contribution in [-0.2, 0) is 0 Å². The van der Waals surface area contributed by atoms with Gasteiger partial charge in [0.2, 0.25) is 0 Å². The molecule has 120 valence electrons. The van der Waals surface area contributed by atoms with E-state index >= 15 is 0 Å². The van der Waals surface area contributed by atoms with Crippen LogP contribution in [0.1, 0.15) is 48.2 Å². The van der Waals surface area contributed by atoms with Gasteiger partial charge in [-0.15, -0.1) is 0 Å². The third-order valence-electron chi connectivity index (χ3n) is 5.01. The van der Waals surface area contributed by atoms with Crippen molar-refractivity contribution in [2.45, 2.75) is 39.0 Å². The van der Waals surface area contributed by atoms with Gasteiger partial charge >= 0.3 is 0 Å². The van der Waals surface area contributed by atoms with Crippen LogP contribution in [0, 0.1) is 12.8 Å². The van der Waals surface area contributed by atoms with E-state index in [4.69, 9.17) is 0 Å². The summed E-state index contributed by atoms with van der Waals surface area (Å²) in [6, 6.07) is 3.82. The minimum Gasteiger partial charge on any atom is -0.339 e. The van der Waals surface area contributed by atoms with Crippen LogP contribution in [0.5, 0.6) is 0 Å². The number of amides is 1. The van der Waals surface area contributed by atoms with Crippen LogP contribution < -0.4 is 0 Å². The summed E-state index contributed by atoms with van der Waals surface area (Å²) < 4.78 is 0. The van der Waals surface area contributed by atoms with Crippen LogP contribution in [0.4, 0.5) is 0 Å². The first-order valence-corrected chi connectivity index (χ1v) is 8.66. The topological polar surface area (TPSA) is 36.4 Å². The average molecular weight is 301 g/mol. The standard InChI is InChI=1S/C18H27N3O/c1-15-6-7-17(13-19-15)18(22)21-11-4-5-16(8-12-21)14-20-9-2-3-10-20/h6-7,13,16H,2-5,8-12,14H2,1H3. The van der Waals surface area contributed by atoms with Crippen LogP contribution in [-0.4, -0.2) is 53.4 Å². The molecule has 0 aromatic carbocycles. The van der Waals surface area contributed by atoms with Crippen molar-refractivity contribution in [3.05, 3.63) is 29.6 Å². The predicted molar refractivity (Wildman–Crippen MR) is 87.9 cm³/mol. The van der Waals surface area contributed by atoms with Crippen molar-refractivity contribution in [1.29, 1.82) is 0 Å².